The highest BCUT2D eigenvalue weighted by molar-refractivity contribution is 6.34. The first kappa shape index (κ1) is 18.7. The zero-order chi connectivity index (χ0) is 19.7. The van der Waals surface area contributed by atoms with Crippen molar-refractivity contribution < 1.29 is 4.79 Å². The number of rotatable bonds is 3. The highest BCUT2D eigenvalue weighted by atomic mass is 35.5. The Hall–Kier alpha value is -2.63. The standard InChI is InChI=1S/C21H18Cl2N4O/c1-2-20(28)26-7-9-27(10-8-26)21-17-11-18(23)16(12-19(17)24-13-25-21)14-3-5-15(22)6-4-14/h2-6,11-13H,1,7-10H2. The molecule has 0 radical (unpaired) electrons. The summed E-state index contributed by atoms with van der Waals surface area (Å²) >= 11 is 12.6. The van der Waals surface area contributed by atoms with Crippen LogP contribution in [0.4, 0.5) is 5.82 Å². The average molecular weight is 413 g/mol. The molecule has 3 aromatic rings. The van der Waals surface area contributed by atoms with E-state index in [1.807, 2.05) is 36.4 Å². The van der Waals surface area contributed by atoms with E-state index in [-0.39, 0.29) is 5.91 Å². The minimum absolute atomic E-state index is 0.0390. The molecule has 7 heteroatoms. The number of anilines is 1. The van der Waals surface area contributed by atoms with Crippen molar-refractivity contribution in [3.8, 4) is 11.1 Å². The molecular weight excluding hydrogens is 395 g/mol. The molecule has 142 valence electrons. The molecule has 0 N–H and O–H groups in total. The van der Waals surface area contributed by atoms with Gasteiger partial charge in [0.25, 0.3) is 0 Å². The van der Waals surface area contributed by atoms with Crippen LogP contribution in [-0.4, -0.2) is 47.0 Å². The lowest BCUT2D eigenvalue weighted by atomic mass is 10.0. The number of carbonyl (C=O) groups is 1. The summed E-state index contributed by atoms with van der Waals surface area (Å²) in [6.45, 7) is 6.21. The zero-order valence-electron chi connectivity index (χ0n) is 15.1. The van der Waals surface area contributed by atoms with Gasteiger partial charge in [0.15, 0.2) is 0 Å². The maximum Gasteiger partial charge on any atom is 0.246 e. The summed E-state index contributed by atoms with van der Waals surface area (Å²) in [7, 11) is 0. The quantitative estimate of drug-likeness (QED) is 0.596. The SMILES string of the molecule is C=CC(=O)N1CCN(c2ncnc3cc(-c4ccc(Cl)cc4)c(Cl)cc23)CC1. The molecule has 0 atom stereocenters. The van der Waals surface area contributed by atoms with Gasteiger partial charge in [-0.25, -0.2) is 9.97 Å². The molecule has 4 rings (SSSR count). The molecule has 1 saturated heterocycles. The van der Waals surface area contributed by atoms with Gasteiger partial charge in [-0.15, -0.1) is 0 Å². The third-order valence-corrected chi connectivity index (χ3v) is 5.49. The van der Waals surface area contributed by atoms with Crippen molar-refractivity contribution in [1.29, 1.82) is 0 Å². The fraction of sp³-hybridized carbons (Fsp3) is 0.190. The number of amides is 1. The number of piperazine rings is 1. The lowest BCUT2D eigenvalue weighted by Gasteiger charge is -2.35. The molecule has 2 heterocycles. The van der Waals surface area contributed by atoms with Crippen LogP contribution in [-0.2, 0) is 4.79 Å². The Morgan fingerprint density at radius 1 is 1.04 bits per heavy atom. The van der Waals surface area contributed by atoms with Crippen molar-refractivity contribution in [3.63, 3.8) is 0 Å². The number of fused-ring (bicyclic) bond motifs is 1. The van der Waals surface area contributed by atoms with Crippen LogP contribution in [0.15, 0.2) is 55.4 Å². The van der Waals surface area contributed by atoms with Crippen LogP contribution in [0.3, 0.4) is 0 Å². The van der Waals surface area contributed by atoms with Crippen LogP contribution in [0.2, 0.25) is 10.0 Å². The number of carbonyl (C=O) groups excluding carboxylic acids is 1. The summed E-state index contributed by atoms with van der Waals surface area (Å²) in [5.41, 5.74) is 2.70. The molecule has 0 saturated carbocycles. The van der Waals surface area contributed by atoms with E-state index in [0.717, 1.165) is 27.8 Å². The first-order chi connectivity index (χ1) is 13.6. The monoisotopic (exact) mass is 412 g/mol. The molecule has 0 aliphatic carbocycles. The van der Waals surface area contributed by atoms with E-state index in [1.165, 1.54) is 6.08 Å². The number of nitrogens with zero attached hydrogens (tertiary/aromatic N) is 4. The van der Waals surface area contributed by atoms with Crippen LogP contribution in [0.25, 0.3) is 22.0 Å². The van der Waals surface area contributed by atoms with E-state index in [2.05, 4.69) is 21.4 Å². The predicted molar refractivity (Wildman–Crippen MR) is 114 cm³/mol. The van der Waals surface area contributed by atoms with Crippen molar-refractivity contribution in [1.82, 2.24) is 14.9 Å². The van der Waals surface area contributed by atoms with Gasteiger partial charge in [-0.3, -0.25) is 4.79 Å². The zero-order valence-corrected chi connectivity index (χ0v) is 16.6. The van der Waals surface area contributed by atoms with Crippen LogP contribution < -0.4 is 4.90 Å². The molecule has 0 bridgehead atoms. The molecule has 2 aromatic carbocycles. The van der Waals surface area contributed by atoms with Crippen molar-refractivity contribution in [2.24, 2.45) is 0 Å². The minimum atomic E-state index is -0.0390. The smallest absolute Gasteiger partial charge is 0.246 e. The number of aromatic nitrogens is 2. The third-order valence-electron chi connectivity index (χ3n) is 4.92. The molecule has 5 nitrogen and oxygen atoms in total. The summed E-state index contributed by atoms with van der Waals surface area (Å²) in [5.74, 6) is 0.795. The highest BCUT2D eigenvalue weighted by Gasteiger charge is 2.22. The number of hydrogen-bond donors (Lipinski definition) is 0. The lowest BCUT2D eigenvalue weighted by molar-refractivity contribution is -0.126. The first-order valence-corrected chi connectivity index (χ1v) is 9.69. The fourth-order valence-corrected chi connectivity index (χ4v) is 3.83. The van der Waals surface area contributed by atoms with Crippen LogP contribution in [0.5, 0.6) is 0 Å². The lowest BCUT2D eigenvalue weighted by Crippen LogP contribution is -2.48. The maximum atomic E-state index is 11.8. The molecule has 1 aliphatic rings. The largest absolute Gasteiger partial charge is 0.352 e. The molecule has 0 spiro atoms. The van der Waals surface area contributed by atoms with Crippen LogP contribution in [0.1, 0.15) is 0 Å². The topological polar surface area (TPSA) is 49.3 Å². The van der Waals surface area contributed by atoms with Gasteiger partial charge in [0.05, 0.1) is 5.52 Å². The van der Waals surface area contributed by atoms with E-state index < -0.39 is 0 Å². The predicted octanol–water partition coefficient (Wildman–Crippen LogP) is 4.44. The summed E-state index contributed by atoms with van der Waals surface area (Å²) < 4.78 is 0. The molecule has 1 amide bonds. The van der Waals surface area contributed by atoms with E-state index in [1.54, 1.807) is 11.2 Å². The highest BCUT2D eigenvalue weighted by Crippen LogP contribution is 2.35. The van der Waals surface area contributed by atoms with Crippen molar-refractivity contribution in [2.45, 2.75) is 0 Å². The second-order valence-electron chi connectivity index (χ2n) is 6.57. The van der Waals surface area contributed by atoms with Crippen LogP contribution >= 0.6 is 23.2 Å². The van der Waals surface area contributed by atoms with Gasteiger partial charge in [-0.2, -0.15) is 0 Å². The molecule has 1 aromatic heterocycles. The van der Waals surface area contributed by atoms with Gasteiger partial charge in [-0.1, -0.05) is 41.9 Å². The normalized spacial score (nSPS) is 14.4. The van der Waals surface area contributed by atoms with E-state index in [4.69, 9.17) is 23.2 Å². The summed E-state index contributed by atoms with van der Waals surface area (Å²) in [5, 5.41) is 2.21. The summed E-state index contributed by atoms with van der Waals surface area (Å²) in [4.78, 5) is 24.7. The Labute approximate surface area is 173 Å². The summed E-state index contributed by atoms with van der Waals surface area (Å²) in [6, 6.07) is 11.4. The van der Waals surface area contributed by atoms with Crippen molar-refractivity contribution in [3.05, 3.63) is 65.4 Å². The Morgan fingerprint density at radius 3 is 2.43 bits per heavy atom. The molecular formula is C21H18Cl2N4O. The second-order valence-corrected chi connectivity index (χ2v) is 7.41. The molecule has 28 heavy (non-hydrogen) atoms. The van der Waals surface area contributed by atoms with Gasteiger partial charge in [0.2, 0.25) is 5.91 Å². The third kappa shape index (κ3) is 3.55. The molecule has 1 fully saturated rings. The summed E-state index contributed by atoms with van der Waals surface area (Å²) in [6.07, 6.45) is 2.92. The van der Waals surface area contributed by atoms with Gasteiger partial charge in [-0.05, 0) is 35.9 Å². The number of hydrogen-bond acceptors (Lipinski definition) is 4. The number of benzene rings is 2. The van der Waals surface area contributed by atoms with Crippen LogP contribution in [0, 0.1) is 0 Å². The van der Waals surface area contributed by atoms with Gasteiger partial charge in [0.1, 0.15) is 12.1 Å². The van der Waals surface area contributed by atoms with Crippen molar-refractivity contribution in [2.75, 3.05) is 31.1 Å². The Kier molecular flexibility index (Phi) is 5.20. The second kappa shape index (κ2) is 7.78. The van der Waals surface area contributed by atoms with E-state index >= 15 is 0 Å². The van der Waals surface area contributed by atoms with Gasteiger partial charge < -0.3 is 9.80 Å². The Morgan fingerprint density at radius 2 is 1.75 bits per heavy atom. The molecule has 1 aliphatic heterocycles. The Bertz CT molecular complexity index is 1040. The average Bonchev–Trinajstić information content (AvgIpc) is 2.73. The maximum absolute atomic E-state index is 11.8. The van der Waals surface area contributed by atoms with Gasteiger partial charge >= 0.3 is 0 Å². The fourth-order valence-electron chi connectivity index (χ4n) is 3.43. The first-order valence-electron chi connectivity index (χ1n) is 8.93. The molecule has 0 unspecified atom stereocenters. The van der Waals surface area contributed by atoms with E-state index in [9.17, 15) is 4.79 Å². The number of halogens is 2. The van der Waals surface area contributed by atoms with Crippen molar-refractivity contribution >= 4 is 45.8 Å². The Balaban J connectivity index is 1.68. The minimum Gasteiger partial charge on any atom is -0.352 e. The van der Waals surface area contributed by atoms with Gasteiger partial charge in [0, 0.05) is 47.2 Å². The van der Waals surface area contributed by atoms with E-state index in [0.29, 0.717) is 36.2 Å².